The molecule has 0 bridgehead atoms. The van der Waals surface area contributed by atoms with Crippen LogP contribution < -0.4 is 0 Å². The molecule has 35 heavy (non-hydrogen) atoms. The van der Waals surface area contributed by atoms with Crippen molar-refractivity contribution >= 4 is 22.1 Å². The van der Waals surface area contributed by atoms with Crippen LogP contribution in [0.1, 0.15) is 16.7 Å². The molecule has 0 N–H and O–H groups in total. The lowest BCUT2D eigenvalue weighted by Crippen LogP contribution is -2.45. The van der Waals surface area contributed by atoms with E-state index < -0.39 is 40.7 Å². The van der Waals surface area contributed by atoms with Crippen molar-refractivity contribution in [2.24, 2.45) is 5.92 Å². The van der Waals surface area contributed by atoms with Crippen LogP contribution in [0.4, 0.5) is 4.79 Å². The van der Waals surface area contributed by atoms with Crippen LogP contribution in [-0.2, 0) is 36.7 Å². The first-order valence-electron chi connectivity index (χ1n) is 11.4. The maximum Gasteiger partial charge on any atom is 0.416 e. The number of carbonyl (C=O) groups excluding carboxylic acids is 2. The number of hydrogen-bond donors (Lipinski definition) is 0. The Morgan fingerprint density at radius 3 is 2.20 bits per heavy atom. The smallest absolute Gasteiger partial charge is 0.416 e. The van der Waals surface area contributed by atoms with Gasteiger partial charge in [0.2, 0.25) is 5.91 Å². The van der Waals surface area contributed by atoms with E-state index in [1.165, 1.54) is 12.1 Å². The summed E-state index contributed by atoms with van der Waals surface area (Å²) in [5, 5.41) is 0. The van der Waals surface area contributed by atoms with Crippen molar-refractivity contribution in [3.63, 3.8) is 0 Å². The van der Waals surface area contributed by atoms with Gasteiger partial charge in [0.15, 0.2) is 0 Å². The molecule has 1 heterocycles. The SMILES string of the molecule is Cc1ccc(S(=O)(=O)OC[C@H](Cc2ccccc2)C(=O)N2C(=O)OC[C@H]2Cc2ccccc2)cc1. The van der Waals surface area contributed by atoms with Crippen molar-refractivity contribution in [1.82, 2.24) is 4.90 Å². The number of nitrogens with zero attached hydrogens (tertiary/aromatic N) is 1. The van der Waals surface area contributed by atoms with Crippen molar-refractivity contribution in [3.8, 4) is 0 Å². The van der Waals surface area contributed by atoms with Crippen LogP contribution in [0.2, 0.25) is 0 Å². The highest BCUT2D eigenvalue weighted by atomic mass is 32.2. The number of aryl methyl sites for hydroxylation is 1. The number of imide groups is 1. The zero-order chi connectivity index (χ0) is 24.8. The monoisotopic (exact) mass is 493 g/mol. The highest BCUT2D eigenvalue weighted by Crippen LogP contribution is 2.23. The zero-order valence-corrected chi connectivity index (χ0v) is 20.2. The van der Waals surface area contributed by atoms with E-state index in [-0.39, 0.29) is 17.9 Å². The van der Waals surface area contributed by atoms with E-state index in [0.717, 1.165) is 21.6 Å². The Hall–Kier alpha value is -3.49. The van der Waals surface area contributed by atoms with Gasteiger partial charge in [0.05, 0.1) is 23.5 Å². The topological polar surface area (TPSA) is 90.0 Å². The van der Waals surface area contributed by atoms with Gasteiger partial charge in [0.25, 0.3) is 10.1 Å². The molecule has 0 spiro atoms. The fraction of sp³-hybridized carbons (Fsp3) is 0.259. The molecule has 2 amide bonds. The Labute approximate surface area is 205 Å². The van der Waals surface area contributed by atoms with E-state index in [1.54, 1.807) is 12.1 Å². The second kappa shape index (κ2) is 10.8. The molecule has 7 nitrogen and oxygen atoms in total. The van der Waals surface area contributed by atoms with Crippen LogP contribution in [0.25, 0.3) is 0 Å². The Morgan fingerprint density at radius 2 is 1.57 bits per heavy atom. The average molecular weight is 494 g/mol. The van der Waals surface area contributed by atoms with Gasteiger partial charge in [-0.1, -0.05) is 78.4 Å². The fourth-order valence-electron chi connectivity index (χ4n) is 4.02. The molecule has 8 heteroatoms. The molecule has 2 atom stereocenters. The molecule has 1 saturated heterocycles. The third-order valence-electron chi connectivity index (χ3n) is 5.92. The summed E-state index contributed by atoms with van der Waals surface area (Å²) in [7, 11) is -4.08. The van der Waals surface area contributed by atoms with E-state index in [4.69, 9.17) is 8.92 Å². The molecule has 4 rings (SSSR count). The largest absolute Gasteiger partial charge is 0.447 e. The minimum atomic E-state index is -4.08. The molecule has 182 valence electrons. The highest BCUT2D eigenvalue weighted by Gasteiger charge is 2.41. The summed E-state index contributed by atoms with van der Waals surface area (Å²) in [6.45, 7) is 1.54. The second-order valence-corrected chi connectivity index (χ2v) is 10.2. The van der Waals surface area contributed by atoms with Crippen molar-refractivity contribution in [3.05, 3.63) is 102 Å². The van der Waals surface area contributed by atoms with Crippen LogP contribution in [0.5, 0.6) is 0 Å². The molecule has 1 aliphatic rings. The summed E-state index contributed by atoms with van der Waals surface area (Å²) < 4.78 is 36.1. The summed E-state index contributed by atoms with van der Waals surface area (Å²) in [4.78, 5) is 27.3. The maximum atomic E-state index is 13.6. The Kier molecular flexibility index (Phi) is 7.63. The van der Waals surface area contributed by atoms with Gasteiger partial charge in [0.1, 0.15) is 6.61 Å². The van der Waals surface area contributed by atoms with Gasteiger partial charge < -0.3 is 4.74 Å². The van der Waals surface area contributed by atoms with E-state index in [9.17, 15) is 18.0 Å². The van der Waals surface area contributed by atoms with Gasteiger partial charge >= 0.3 is 6.09 Å². The first-order valence-corrected chi connectivity index (χ1v) is 12.8. The third kappa shape index (κ3) is 6.15. The van der Waals surface area contributed by atoms with E-state index in [2.05, 4.69) is 0 Å². The summed E-state index contributed by atoms with van der Waals surface area (Å²) in [6, 6.07) is 24.5. The number of carbonyl (C=O) groups is 2. The van der Waals surface area contributed by atoms with Gasteiger partial charge in [-0.2, -0.15) is 8.42 Å². The summed E-state index contributed by atoms with van der Waals surface area (Å²) in [5.41, 5.74) is 2.71. The van der Waals surface area contributed by atoms with Crippen LogP contribution in [-0.4, -0.2) is 44.6 Å². The fourth-order valence-corrected chi connectivity index (χ4v) is 4.97. The second-order valence-electron chi connectivity index (χ2n) is 8.57. The standard InChI is InChI=1S/C27H27NO6S/c1-20-12-14-25(15-13-20)35(31,32)34-18-23(16-21-8-4-2-5-9-21)26(29)28-24(19-33-27(28)30)17-22-10-6-3-7-11-22/h2-15,23-24H,16-19H2,1H3/t23-,24+/m0/s1. The normalized spacial score (nSPS) is 16.7. The van der Waals surface area contributed by atoms with Crippen molar-refractivity contribution in [2.75, 3.05) is 13.2 Å². The molecule has 0 aromatic heterocycles. The Bertz CT molecular complexity index is 1260. The van der Waals surface area contributed by atoms with Crippen LogP contribution in [0.15, 0.2) is 89.8 Å². The van der Waals surface area contributed by atoms with Crippen LogP contribution in [0, 0.1) is 12.8 Å². The van der Waals surface area contributed by atoms with Crippen LogP contribution >= 0.6 is 0 Å². The van der Waals surface area contributed by atoms with Gasteiger partial charge in [-0.3, -0.25) is 8.98 Å². The van der Waals surface area contributed by atoms with Crippen molar-refractivity contribution < 1.29 is 26.9 Å². The van der Waals surface area contributed by atoms with Crippen LogP contribution in [0.3, 0.4) is 0 Å². The van der Waals surface area contributed by atoms with E-state index in [0.29, 0.717) is 6.42 Å². The van der Waals surface area contributed by atoms with Gasteiger partial charge in [-0.15, -0.1) is 0 Å². The number of rotatable bonds is 9. The van der Waals surface area contributed by atoms with Crippen molar-refractivity contribution in [2.45, 2.75) is 30.7 Å². The molecule has 3 aromatic carbocycles. The predicted octanol–water partition coefficient (Wildman–Crippen LogP) is 4.15. The van der Waals surface area contributed by atoms with Crippen molar-refractivity contribution in [1.29, 1.82) is 0 Å². The Balaban J connectivity index is 1.55. The minimum absolute atomic E-state index is 0.0107. The summed E-state index contributed by atoms with van der Waals surface area (Å²) >= 11 is 0. The van der Waals surface area contributed by atoms with E-state index >= 15 is 0 Å². The maximum absolute atomic E-state index is 13.6. The van der Waals surface area contributed by atoms with Gasteiger partial charge in [-0.25, -0.2) is 9.69 Å². The Morgan fingerprint density at radius 1 is 0.971 bits per heavy atom. The zero-order valence-electron chi connectivity index (χ0n) is 19.4. The summed E-state index contributed by atoms with van der Waals surface area (Å²) in [6.07, 6.45) is -0.0699. The molecule has 0 aliphatic carbocycles. The third-order valence-corrected chi connectivity index (χ3v) is 7.22. The van der Waals surface area contributed by atoms with E-state index in [1.807, 2.05) is 67.6 Å². The van der Waals surface area contributed by atoms with Gasteiger partial charge in [-0.05, 0) is 43.0 Å². The minimum Gasteiger partial charge on any atom is -0.447 e. The number of cyclic esters (lactones) is 1. The number of ether oxygens (including phenoxy) is 1. The summed E-state index contributed by atoms with van der Waals surface area (Å²) in [5.74, 6) is -1.42. The molecule has 3 aromatic rings. The lowest BCUT2D eigenvalue weighted by atomic mass is 9.97. The first kappa shape index (κ1) is 24.6. The first-order chi connectivity index (χ1) is 16.8. The quantitative estimate of drug-likeness (QED) is 0.416. The molecule has 0 unspecified atom stereocenters. The number of benzene rings is 3. The molecule has 0 saturated carbocycles. The van der Waals surface area contributed by atoms with Gasteiger partial charge in [0, 0.05) is 0 Å². The molecular weight excluding hydrogens is 466 g/mol. The predicted molar refractivity (Wildman–Crippen MR) is 130 cm³/mol. The highest BCUT2D eigenvalue weighted by molar-refractivity contribution is 7.86. The molecule has 1 aliphatic heterocycles. The molecule has 1 fully saturated rings. The lowest BCUT2D eigenvalue weighted by molar-refractivity contribution is -0.134. The lowest BCUT2D eigenvalue weighted by Gasteiger charge is -2.25. The molecule has 0 radical (unpaired) electrons. The molecular formula is C27H27NO6S. The number of hydrogen-bond acceptors (Lipinski definition) is 6. The average Bonchev–Trinajstić information content (AvgIpc) is 3.22. The number of amides is 2.